The minimum absolute atomic E-state index is 0.0321. The number of nitrogens with zero attached hydrogens (tertiary/aromatic N) is 1. The first-order valence-corrected chi connectivity index (χ1v) is 9.36. The highest BCUT2D eigenvalue weighted by Crippen LogP contribution is 2.42. The first kappa shape index (κ1) is 17.8. The summed E-state index contributed by atoms with van der Waals surface area (Å²) < 4.78 is 0. The molecule has 0 aliphatic carbocycles. The average molecular weight is 394 g/mol. The Bertz CT molecular complexity index is 1040. The maximum Gasteiger partial charge on any atom is 0.259 e. The van der Waals surface area contributed by atoms with E-state index in [1.54, 1.807) is 12.1 Å². The zero-order valence-corrected chi connectivity index (χ0v) is 16.3. The molecule has 1 aliphatic heterocycles. The minimum atomic E-state index is -0.217. The molecule has 2 nitrogen and oxygen atoms in total. The number of rotatable bonds is 3. The van der Waals surface area contributed by atoms with E-state index in [2.05, 4.69) is 6.58 Å². The van der Waals surface area contributed by atoms with Crippen LogP contribution in [0.25, 0.3) is 5.57 Å². The molecule has 0 radical (unpaired) electrons. The van der Waals surface area contributed by atoms with Gasteiger partial charge in [-0.15, -0.1) is 0 Å². The molecular formula is C23H17Cl2NO. The van der Waals surface area contributed by atoms with Crippen LogP contribution in [0.2, 0.25) is 10.0 Å². The number of fused-ring (bicyclic) bond motifs is 1. The lowest BCUT2D eigenvalue weighted by atomic mass is 9.95. The Balaban J connectivity index is 1.90. The molecule has 0 spiro atoms. The van der Waals surface area contributed by atoms with Crippen molar-refractivity contribution in [2.24, 2.45) is 0 Å². The van der Waals surface area contributed by atoms with Gasteiger partial charge < -0.3 is 0 Å². The number of hydrogen-bond donors (Lipinski definition) is 0. The molecule has 134 valence electrons. The molecule has 4 rings (SSSR count). The smallest absolute Gasteiger partial charge is 0.259 e. The molecule has 0 bridgehead atoms. The van der Waals surface area contributed by atoms with Crippen molar-refractivity contribution < 1.29 is 4.79 Å². The van der Waals surface area contributed by atoms with Gasteiger partial charge in [-0.05, 0) is 66.1 Å². The van der Waals surface area contributed by atoms with Crippen LogP contribution in [0.15, 0.2) is 73.3 Å². The Morgan fingerprint density at radius 2 is 1.52 bits per heavy atom. The van der Waals surface area contributed by atoms with Crippen LogP contribution < -0.4 is 4.90 Å². The van der Waals surface area contributed by atoms with E-state index in [9.17, 15) is 4.79 Å². The van der Waals surface area contributed by atoms with Gasteiger partial charge in [-0.3, -0.25) is 9.69 Å². The first-order valence-electron chi connectivity index (χ1n) is 8.60. The summed E-state index contributed by atoms with van der Waals surface area (Å²) in [5, 5.41) is 1.30. The van der Waals surface area contributed by atoms with Crippen LogP contribution in [0.1, 0.15) is 40.0 Å². The van der Waals surface area contributed by atoms with Crippen molar-refractivity contribution in [1.82, 2.24) is 0 Å². The van der Waals surface area contributed by atoms with Crippen LogP contribution in [-0.2, 0) is 0 Å². The molecule has 1 atom stereocenters. The van der Waals surface area contributed by atoms with Crippen molar-refractivity contribution in [3.05, 3.63) is 106 Å². The highest BCUT2D eigenvalue weighted by atomic mass is 35.5. The van der Waals surface area contributed by atoms with Crippen molar-refractivity contribution in [3.63, 3.8) is 0 Å². The van der Waals surface area contributed by atoms with Gasteiger partial charge in [-0.1, -0.05) is 59.6 Å². The van der Waals surface area contributed by atoms with E-state index in [1.165, 1.54) is 0 Å². The van der Waals surface area contributed by atoms with Gasteiger partial charge in [0.1, 0.15) is 0 Å². The number of carbonyl (C=O) groups is 1. The third-order valence-corrected chi connectivity index (χ3v) is 5.34. The fourth-order valence-electron chi connectivity index (χ4n) is 3.47. The average Bonchev–Trinajstić information content (AvgIpc) is 2.95. The molecule has 4 heteroatoms. The van der Waals surface area contributed by atoms with Gasteiger partial charge in [0.05, 0.1) is 6.04 Å². The van der Waals surface area contributed by atoms with E-state index in [4.69, 9.17) is 23.2 Å². The van der Waals surface area contributed by atoms with Crippen LogP contribution in [0.3, 0.4) is 0 Å². The van der Waals surface area contributed by atoms with E-state index >= 15 is 0 Å². The molecule has 27 heavy (non-hydrogen) atoms. The SMILES string of the molecule is C=C(C)c1ccc2c(c1)C(=O)N(c1ccc(Cl)cc1)C2c1ccc(Cl)cc1. The maximum atomic E-state index is 13.3. The zero-order valence-electron chi connectivity index (χ0n) is 14.7. The van der Waals surface area contributed by atoms with E-state index in [1.807, 2.05) is 66.4 Å². The second-order valence-electron chi connectivity index (χ2n) is 6.69. The fraction of sp³-hybridized carbons (Fsp3) is 0.0870. The number of allylic oxidation sites excluding steroid dienone is 1. The Morgan fingerprint density at radius 3 is 2.11 bits per heavy atom. The summed E-state index contributed by atoms with van der Waals surface area (Å²) in [4.78, 5) is 15.2. The quantitative estimate of drug-likeness (QED) is 0.480. The minimum Gasteiger partial charge on any atom is -0.297 e. The van der Waals surface area contributed by atoms with Crippen LogP contribution in [-0.4, -0.2) is 5.91 Å². The summed E-state index contributed by atoms with van der Waals surface area (Å²) in [5.74, 6) is -0.0321. The van der Waals surface area contributed by atoms with Gasteiger partial charge in [0.15, 0.2) is 0 Å². The summed E-state index contributed by atoms with van der Waals surface area (Å²) in [6, 6.07) is 20.7. The van der Waals surface area contributed by atoms with Crippen molar-refractivity contribution >= 4 is 40.4 Å². The molecule has 0 saturated carbocycles. The van der Waals surface area contributed by atoms with Gasteiger partial charge in [-0.25, -0.2) is 0 Å². The Morgan fingerprint density at radius 1 is 0.926 bits per heavy atom. The number of halogens is 2. The van der Waals surface area contributed by atoms with E-state index < -0.39 is 0 Å². The predicted molar refractivity (Wildman–Crippen MR) is 113 cm³/mol. The third-order valence-electron chi connectivity index (χ3n) is 4.84. The normalized spacial score (nSPS) is 15.7. The van der Waals surface area contributed by atoms with E-state index in [-0.39, 0.29) is 11.9 Å². The van der Waals surface area contributed by atoms with Gasteiger partial charge in [0.25, 0.3) is 5.91 Å². The summed E-state index contributed by atoms with van der Waals surface area (Å²) in [6.45, 7) is 5.93. The number of benzene rings is 3. The zero-order chi connectivity index (χ0) is 19.1. The lowest BCUT2D eigenvalue weighted by molar-refractivity contribution is 0.0993. The summed E-state index contributed by atoms with van der Waals surface area (Å²) >= 11 is 12.1. The monoisotopic (exact) mass is 393 g/mol. The lowest BCUT2D eigenvalue weighted by Crippen LogP contribution is -2.28. The van der Waals surface area contributed by atoms with Crippen LogP contribution >= 0.6 is 23.2 Å². The van der Waals surface area contributed by atoms with Crippen LogP contribution in [0.4, 0.5) is 5.69 Å². The molecule has 1 amide bonds. The highest BCUT2D eigenvalue weighted by molar-refractivity contribution is 6.31. The number of anilines is 1. The third kappa shape index (κ3) is 3.16. The van der Waals surface area contributed by atoms with Crippen molar-refractivity contribution in [2.45, 2.75) is 13.0 Å². The molecule has 1 unspecified atom stereocenters. The second-order valence-corrected chi connectivity index (χ2v) is 7.56. The molecular weight excluding hydrogens is 377 g/mol. The van der Waals surface area contributed by atoms with Gasteiger partial charge >= 0.3 is 0 Å². The second kappa shape index (κ2) is 6.88. The molecule has 1 heterocycles. The highest BCUT2D eigenvalue weighted by Gasteiger charge is 2.38. The molecule has 0 fully saturated rings. The molecule has 3 aromatic carbocycles. The van der Waals surface area contributed by atoms with E-state index in [0.717, 1.165) is 28.0 Å². The lowest BCUT2D eigenvalue weighted by Gasteiger charge is -2.26. The molecule has 0 N–H and O–H groups in total. The van der Waals surface area contributed by atoms with Crippen molar-refractivity contribution in [3.8, 4) is 0 Å². The molecule has 3 aromatic rings. The molecule has 0 aromatic heterocycles. The Kier molecular flexibility index (Phi) is 4.55. The number of amides is 1. The maximum absolute atomic E-state index is 13.3. The summed E-state index contributed by atoms with van der Waals surface area (Å²) in [7, 11) is 0. The van der Waals surface area contributed by atoms with E-state index in [0.29, 0.717) is 15.6 Å². The largest absolute Gasteiger partial charge is 0.297 e. The molecule has 0 saturated heterocycles. The Hall–Kier alpha value is -2.55. The van der Waals surface area contributed by atoms with Gasteiger partial charge in [-0.2, -0.15) is 0 Å². The van der Waals surface area contributed by atoms with Gasteiger partial charge in [0, 0.05) is 21.3 Å². The Labute approximate surface area is 168 Å². The van der Waals surface area contributed by atoms with Crippen molar-refractivity contribution in [1.29, 1.82) is 0 Å². The number of carbonyl (C=O) groups excluding carboxylic acids is 1. The van der Waals surface area contributed by atoms with Crippen LogP contribution in [0.5, 0.6) is 0 Å². The summed E-state index contributed by atoms with van der Waals surface area (Å²) in [5.41, 5.74) is 5.38. The predicted octanol–water partition coefficient (Wildman–Crippen LogP) is 6.78. The summed E-state index contributed by atoms with van der Waals surface area (Å²) in [6.07, 6.45) is 0. The standard InChI is InChI=1S/C23H17Cl2NO/c1-14(2)16-5-12-20-21(13-16)23(27)26(19-10-8-18(25)9-11-19)22(20)15-3-6-17(24)7-4-15/h3-13,22H,1H2,2H3. The topological polar surface area (TPSA) is 20.3 Å². The fourth-order valence-corrected chi connectivity index (χ4v) is 3.73. The molecule has 1 aliphatic rings. The van der Waals surface area contributed by atoms with Gasteiger partial charge in [0.2, 0.25) is 0 Å². The van der Waals surface area contributed by atoms with Crippen molar-refractivity contribution in [2.75, 3.05) is 4.90 Å². The number of hydrogen-bond acceptors (Lipinski definition) is 1. The first-order chi connectivity index (χ1) is 13.0. The van der Waals surface area contributed by atoms with Crippen LogP contribution in [0, 0.1) is 0 Å².